The summed E-state index contributed by atoms with van der Waals surface area (Å²) in [5.74, 6) is 0.461. The Balaban J connectivity index is 2.07. The van der Waals surface area contributed by atoms with Gasteiger partial charge in [0.1, 0.15) is 5.75 Å². The first-order valence-electron chi connectivity index (χ1n) is 6.91. The van der Waals surface area contributed by atoms with Gasteiger partial charge in [0.25, 0.3) is 5.91 Å². The first kappa shape index (κ1) is 16.2. The zero-order valence-corrected chi connectivity index (χ0v) is 14.0. The quantitative estimate of drug-likeness (QED) is 0.647. The number of amides is 1. The molecule has 5 heteroatoms. The lowest BCUT2D eigenvalue weighted by Crippen LogP contribution is -2.18. The molecule has 0 heterocycles. The summed E-state index contributed by atoms with van der Waals surface area (Å²) in [4.78, 5) is 12.0. The van der Waals surface area contributed by atoms with Crippen LogP contribution in [-0.4, -0.2) is 18.2 Å². The Labute approximate surface area is 138 Å². The van der Waals surface area contributed by atoms with E-state index in [0.717, 1.165) is 15.8 Å². The molecule has 2 aromatic rings. The normalized spacial score (nSPS) is 10.9. The summed E-state index contributed by atoms with van der Waals surface area (Å²) >= 11 is 3.34. The Bertz CT molecular complexity index is 684. The highest BCUT2D eigenvalue weighted by atomic mass is 79.9. The molecular formula is C17H17BrN2O2. The van der Waals surface area contributed by atoms with Gasteiger partial charge in [0, 0.05) is 10.0 Å². The van der Waals surface area contributed by atoms with E-state index in [4.69, 9.17) is 4.74 Å². The third kappa shape index (κ3) is 4.43. The summed E-state index contributed by atoms with van der Waals surface area (Å²) in [5, 5.41) is 4.00. The van der Waals surface area contributed by atoms with Crippen molar-refractivity contribution in [1.82, 2.24) is 5.43 Å². The molecule has 0 aromatic heterocycles. The van der Waals surface area contributed by atoms with Crippen LogP contribution >= 0.6 is 15.9 Å². The molecule has 0 spiro atoms. The number of carbonyl (C=O) groups is 1. The molecule has 1 N–H and O–H groups in total. The Hall–Kier alpha value is -2.14. The van der Waals surface area contributed by atoms with Gasteiger partial charge in [0.15, 0.2) is 0 Å². The van der Waals surface area contributed by atoms with Gasteiger partial charge in [-0.05, 0) is 54.0 Å². The Kier molecular flexibility index (Phi) is 5.72. The topological polar surface area (TPSA) is 50.7 Å². The van der Waals surface area contributed by atoms with E-state index >= 15 is 0 Å². The Morgan fingerprint density at radius 2 is 1.86 bits per heavy atom. The predicted octanol–water partition coefficient (Wildman–Crippen LogP) is 4.00. The number of benzene rings is 2. The molecule has 2 aromatic carbocycles. The van der Waals surface area contributed by atoms with Gasteiger partial charge in [-0.3, -0.25) is 4.79 Å². The lowest BCUT2D eigenvalue weighted by molar-refractivity contribution is 0.0954. The van der Waals surface area contributed by atoms with Gasteiger partial charge >= 0.3 is 0 Å². The molecule has 0 saturated heterocycles. The molecule has 4 nitrogen and oxygen atoms in total. The fraction of sp³-hybridized carbons (Fsp3) is 0.176. The Morgan fingerprint density at radius 3 is 2.59 bits per heavy atom. The molecule has 1 amide bonds. The third-order valence-electron chi connectivity index (χ3n) is 2.77. The van der Waals surface area contributed by atoms with Crippen LogP contribution < -0.4 is 10.2 Å². The zero-order valence-electron chi connectivity index (χ0n) is 12.4. The minimum Gasteiger partial charge on any atom is -0.490 e. The van der Waals surface area contributed by atoms with Crippen molar-refractivity contribution in [3.63, 3.8) is 0 Å². The van der Waals surface area contributed by atoms with Crippen LogP contribution in [0.15, 0.2) is 58.1 Å². The van der Waals surface area contributed by atoms with Crippen molar-refractivity contribution >= 4 is 28.1 Å². The van der Waals surface area contributed by atoms with E-state index in [0.29, 0.717) is 5.56 Å². The van der Waals surface area contributed by atoms with Crippen molar-refractivity contribution in [1.29, 1.82) is 0 Å². The number of para-hydroxylation sites is 1. The summed E-state index contributed by atoms with van der Waals surface area (Å²) in [6.45, 7) is 3.92. The summed E-state index contributed by atoms with van der Waals surface area (Å²) in [5.41, 5.74) is 3.86. The number of nitrogens with one attached hydrogen (secondary N) is 1. The van der Waals surface area contributed by atoms with Gasteiger partial charge in [-0.15, -0.1) is 0 Å². The highest BCUT2D eigenvalue weighted by Crippen LogP contribution is 2.18. The van der Waals surface area contributed by atoms with E-state index in [2.05, 4.69) is 26.5 Å². The number of ether oxygens (including phenoxy) is 1. The van der Waals surface area contributed by atoms with E-state index in [9.17, 15) is 4.79 Å². The second-order valence-corrected chi connectivity index (χ2v) is 5.74. The molecule has 22 heavy (non-hydrogen) atoms. The molecule has 0 atom stereocenters. The van der Waals surface area contributed by atoms with Crippen molar-refractivity contribution < 1.29 is 9.53 Å². The summed E-state index contributed by atoms with van der Waals surface area (Å²) in [6, 6.07) is 14.7. The monoisotopic (exact) mass is 360 g/mol. The third-order valence-corrected chi connectivity index (χ3v) is 3.46. The summed E-state index contributed by atoms with van der Waals surface area (Å²) in [6.07, 6.45) is 1.65. The second kappa shape index (κ2) is 7.75. The largest absolute Gasteiger partial charge is 0.490 e. The number of rotatable bonds is 5. The number of nitrogens with zero attached hydrogens (tertiary/aromatic N) is 1. The van der Waals surface area contributed by atoms with Gasteiger partial charge in [-0.1, -0.05) is 24.3 Å². The van der Waals surface area contributed by atoms with Gasteiger partial charge in [-0.2, -0.15) is 5.10 Å². The number of hydrogen-bond acceptors (Lipinski definition) is 3. The molecule has 2 rings (SSSR count). The minimum atomic E-state index is -0.272. The van der Waals surface area contributed by atoms with Crippen LogP contribution in [0.5, 0.6) is 5.75 Å². The summed E-state index contributed by atoms with van der Waals surface area (Å²) in [7, 11) is 0. The van der Waals surface area contributed by atoms with Crippen molar-refractivity contribution in [3.8, 4) is 5.75 Å². The lowest BCUT2D eigenvalue weighted by Gasteiger charge is -2.11. The molecular weight excluding hydrogens is 344 g/mol. The average molecular weight is 361 g/mol. The van der Waals surface area contributed by atoms with Gasteiger partial charge in [0.05, 0.1) is 17.9 Å². The van der Waals surface area contributed by atoms with E-state index < -0.39 is 0 Å². The van der Waals surface area contributed by atoms with E-state index in [-0.39, 0.29) is 12.0 Å². The number of hydrogen-bond donors (Lipinski definition) is 1. The fourth-order valence-electron chi connectivity index (χ4n) is 1.81. The first-order valence-corrected chi connectivity index (χ1v) is 7.71. The average Bonchev–Trinajstić information content (AvgIpc) is 2.49. The van der Waals surface area contributed by atoms with E-state index in [1.54, 1.807) is 18.3 Å². The number of halogens is 1. The highest BCUT2D eigenvalue weighted by molar-refractivity contribution is 9.10. The molecule has 0 bridgehead atoms. The number of hydrazone groups is 1. The molecule has 114 valence electrons. The number of carbonyl (C=O) groups excluding carboxylic acids is 1. The first-order chi connectivity index (χ1) is 10.6. The molecule has 0 unspecified atom stereocenters. The van der Waals surface area contributed by atoms with Crippen LogP contribution in [0.2, 0.25) is 0 Å². The van der Waals surface area contributed by atoms with Crippen LogP contribution in [0.1, 0.15) is 29.8 Å². The van der Waals surface area contributed by atoms with Crippen molar-refractivity contribution in [2.45, 2.75) is 20.0 Å². The van der Waals surface area contributed by atoms with Gasteiger partial charge < -0.3 is 4.74 Å². The SMILES string of the molecule is CC(C)Oc1ccccc1/C=N/NC(=O)c1ccccc1Br. The van der Waals surface area contributed by atoms with E-state index in [1.807, 2.05) is 50.2 Å². The molecule has 0 aliphatic heterocycles. The van der Waals surface area contributed by atoms with Crippen LogP contribution in [-0.2, 0) is 0 Å². The minimum absolute atomic E-state index is 0.0735. The lowest BCUT2D eigenvalue weighted by atomic mass is 10.2. The summed E-state index contributed by atoms with van der Waals surface area (Å²) < 4.78 is 6.42. The molecule has 0 fully saturated rings. The molecule has 0 radical (unpaired) electrons. The Morgan fingerprint density at radius 1 is 1.18 bits per heavy atom. The maximum absolute atomic E-state index is 12.0. The highest BCUT2D eigenvalue weighted by Gasteiger charge is 2.08. The maximum Gasteiger partial charge on any atom is 0.272 e. The van der Waals surface area contributed by atoms with Crippen LogP contribution in [0.3, 0.4) is 0 Å². The van der Waals surface area contributed by atoms with Crippen molar-refractivity contribution in [2.75, 3.05) is 0 Å². The van der Waals surface area contributed by atoms with Gasteiger partial charge in [-0.25, -0.2) is 5.43 Å². The fourth-order valence-corrected chi connectivity index (χ4v) is 2.28. The van der Waals surface area contributed by atoms with Crippen LogP contribution in [0.25, 0.3) is 0 Å². The molecule has 0 aliphatic carbocycles. The van der Waals surface area contributed by atoms with Crippen molar-refractivity contribution in [3.05, 3.63) is 64.1 Å². The zero-order chi connectivity index (χ0) is 15.9. The standard InChI is InChI=1S/C17H17BrN2O2/c1-12(2)22-16-10-6-3-7-13(16)11-19-20-17(21)14-8-4-5-9-15(14)18/h3-12H,1-2H3,(H,20,21)/b19-11+. The predicted molar refractivity (Wildman–Crippen MR) is 91.4 cm³/mol. The second-order valence-electron chi connectivity index (χ2n) is 4.88. The van der Waals surface area contributed by atoms with Crippen LogP contribution in [0.4, 0.5) is 0 Å². The molecule has 0 aliphatic rings. The smallest absolute Gasteiger partial charge is 0.272 e. The maximum atomic E-state index is 12.0. The van der Waals surface area contributed by atoms with Crippen molar-refractivity contribution in [2.24, 2.45) is 5.10 Å². The van der Waals surface area contributed by atoms with E-state index in [1.165, 1.54) is 0 Å². The van der Waals surface area contributed by atoms with Gasteiger partial charge in [0.2, 0.25) is 0 Å². The molecule has 0 saturated carbocycles. The van der Waals surface area contributed by atoms with Crippen LogP contribution in [0, 0.1) is 0 Å².